The molecule has 0 aliphatic rings. The van der Waals surface area contributed by atoms with Gasteiger partial charge in [-0.2, -0.15) is 0 Å². The van der Waals surface area contributed by atoms with Gasteiger partial charge < -0.3 is 21.1 Å². The molecule has 1 rings (SSSR count). The maximum Gasteiger partial charge on any atom is 0.573 e. The van der Waals surface area contributed by atoms with E-state index in [2.05, 4.69) is 15.4 Å². The van der Waals surface area contributed by atoms with E-state index in [0.717, 1.165) is 12.1 Å². The smallest absolute Gasteiger partial charge is 0.406 e. The molecule has 0 bridgehead atoms. The van der Waals surface area contributed by atoms with Crippen LogP contribution in [0.5, 0.6) is 5.75 Å². The van der Waals surface area contributed by atoms with Gasteiger partial charge in [-0.05, 0) is 24.3 Å². The summed E-state index contributed by atoms with van der Waals surface area (Å²) in [5.41, 5.74) is 5.30. The van der Waals surface area contributed by atoms with Gasteiger partial charge in [-0.3, -0.25) is 9.59 Å². The standard InChI is InChI=1S/C11H12F3N3O3/c12-11(13,14)20-8-3-1-7(2-4-8)17-10(19)6-16-9(18)5-15/h1-4H,5-6,15H2,(H,16,18)(H,17,19). The van der Waals surface area contributed by atoms with Gasteiger partial charge in [0.15, 0.2) is 0 Å². The van der Waals surface area contributed by atoms with Crippen LogP contribution in [0, 0.1) is 0 Å². The molecule has 0 spiro atoms. The Kier molecular flexibility index (Phi) is 5.32. The molecule has 0 unspecified atom stereocenters. The quantitative estimate of drug-likeness (QED) is 0.740. The second kappa shape index (κ2) is 6.75. The number of rotatable bonds is 5. The van der Waals surface area contributed by atoms with E-state index in [1.165, 1.54) is 12.1 Å². The summed E-state index contributed by atoms with van der Waals surface area (Å²) in [6.45, 7) is -0.520. The number of halogens is 3. The molecule has 0 saturated heterocycles. The summed E-state index contributed by atoms with van der Waals surface area (Å²) in [5.74, 6) is -1.42. The lowest BCUT2D eigenvalue weighted by Gasteiger charge is -2.10. The molecule has 2 amide bonds. The van der Waals surface area contributed by atoms with E-state index in [1.807, 2.05) is 0 Å². The van der Waals surface area contributed by atoms with Crippen molar-refractivity contribution in [3.05, 3.63) is 24.3 Å². The van der Waals surface area contributed by atoms with Crippen molar-refractivity contribution in [2.45, 2.75) is 6.36 Å². The fourth-order valence-electron chi connectivity index (χ4n) is 1.20. The van der Waals surface area contributed by atoms with Crippen LogP contribution in [0.1, 0.15) is 0 Å². The first-order chi connectivity index (χ1) is 9.30. The summed E-state index contributed by atoms with van der Waals surface area (Å²) in [4.78, 5) is 22.2. The Morgan fingerprint density at radius 1 is 1.15 bits per heavy atom. The average molecular weight is 291 g/mol. The fraction of sp³-hybridized carbons (Fsp3) is 0.273. The molecule has 0 fully saturated rings. The minimum atomic E-state index is -4.77. The summed E-state index contributed by atoms with van der Waals surface area (Å²) in [7, 11) is 0. The Balaban J connectivity index is 2.49. The predicted octanol–water partition coefficient (Wildman–Crippen LogP) is 0.599. The van der Waals surface area contributed by atoms with Crippen LogP contribution in [0.25, 0.3) is 0 Å². The number of amides is 2. The number of nitrogens with two attached hydrogens (primary N) is 1. The zero-order valence-corrected chi connectivity index (χ0v) is 10.2. The van der Waals surface area contributed by atoms with E-state index in [-0.39, 0.29) is 18.8 Å². The number of carbonyl (C=O) groups excluding carboxylic acids is 2. The number of alkyl halides is 3. The van der Waals surface area contributed by atoms with E-state index in [1.54, 1.807) is 0 Å². The fourth-order valence-corrected chi connectivity index (χ4v) is 1.20. The molecule has 4 N–H and O–H groups in total. The van der Waals surface area contributed by atoms with E-state index < -0.39 is 23.9 Å². The maximum atomic E-state index is 11.9. The number of hydrogen-bond donors (Lipinski definition) is 3. The minimum Gasteiger partial charge on any atom is -0.406 e. The van der Waals surface area contributed by atoms with Gasteiger partial charge in [-0.25, -0.2) is 0 Å². The SMILES string of the molecule is NCC(=O)NCC(=O)Nc1ccc(OC(F)(F)F)cc1. The van der Waals surface area contributed by atoms with Crippen molar-refractivity contribution in [2.24, 2.45) is 5.73 Å². The highest BCUT2D eigenvalue weighted by Crippen LogP contribution is 2.23. The van der Waals surface area contributed by atoms with Crippen molar-refractivity contribution in [3.8, 4) is 5.75 Å². The molecule has 1 aromatic rings. The summed E-state index contributed by atoms with van der Waals surface area (Å²) >= 11 is 0. The molecule has 9 heteroatoms. The van der Waals surface area contributed by atoms with Gasteiger partial charge in [0, 0.05) is 5.69 Å². The lowest BCUT2D eigenvalue weighted by atomic mass is 10.3. The highest BCUT2D eigenvalue weighted by atomic mass is 19.4. The van der Waals surface area contributed by atoms with Crippen molar-refractivity contribution in [1.29, 1.82) is 0 Å². The van der Waals surface area contributed by atoms with Gasteiger partial charge in [-0.1, -0.05) is 0 Å². The van der Waals surface area contributed by atoms with Crippen LogP contribution >= 0.6 is 0 Å². The highest BCUT2D eigenvalue weighted by molar-refractivity contribution is 5.94. The van der Waals surface area contributed by atoms with Gasteiger partial charge in [0.05, 0.1) is 13.1 Å². The Labute approximate surface area is 112 Å². The van der Waals surface area contributed by atoms with Crippen LogP contribution in [-0.4, -0.2) is 31.3 Å². The van der Waals surface area contributed by atoms with Crippen molar-refractivity contribution < 1.29 is 27.5 Å². The normalized spacial score (nSPS) is 10.8. The van der Waals surface area contributed by atoms with E-state index in [0.29, 0.717) is 0 Å². The number of ether oxygens (including phenoxy) is 1. The Morgan fingerprint density at radius 2 is 1.75 bits per heavy atom. The van der Waals surface area contributed by atoms with Gasteiger partial charge in [0.1, 0.15) is 5.75 Å². The second-order valence-corrected chi connectivity index (χ2v) is 3.60. The van der Waals surface area contributed by atoms with E-state index in [4.69, 9.17) is 5.73 Å². The third kappa shape index (κ3) is 6.05. The van der Waals surface area contributed by atoms with Crippen LogP contribution < -0.4 is 21.1 Å². The molecular weight excluding hydrogens is 279 g/mol. The monoisotopic (exact) mass is 291 g/mol. The van der Waals surface area contributed by atoms with Crippen LogP contribution in [-0.2, 0) is 9.59 Å². The maximum absolute atomic E-state index is 11.9. The van der Waals surface area contributed by atoms with E-state index in [9.17, 15) is 22.8 Å². The Hall–Kier alpha value is -2.29. The Bertz CT molecular complexity index is 474. The van der Waals surface area contributed by atoms with Crippen molar-refractivity contribution >= 4 is 17.5 Å². The van der Waals surface area contributed by atoms with Crippen molar-refractivity contribution in [2.75, 3.05) is 18.4 Å². The van der Waals surface area contributed by atoms with Crippen LogP contribution in [0.2, 0.25) is 0 Å². The van der Waals surface area contributed by atoms with Gasteiger partial charge in [0.2, 0.25) is 11.8 Å². The average Bonchev–Trinajstić information content (AvgIpc) is 2.36. The zero-order valence-electron chi connectivity index (χ0n) is 10.2. The third-order valence-corrected chi connectivity index (χ3v) is 2.00. The first-order valence-electron chi connectivity index (χ1n) is 5.42. The summed E-state index contributed by atoms with van der Waals surface area (Å²) < 4.78 is 39.4. The third-order valence-electron chi connectivity index (χ3n) is 2.00. The highest BCUT2D eigenvalue weighted by Gasteiger charge is 2.30. The lowest BCUT2D eigenvalue weighted by molar-refractivity contribution is -0.274. The molecule has 0 aliphatic carbocycles. The van der Waals surface area contributed by atoms with Crippen LogP contribution in [0.3, 0.4) is 0 Å². The lowest BCUT2D eigenvalue weighted by Crippen LogP contribution is -2.36. The summed E-state index contributed by atoms with van der Waals surface area (Å²) in [6, 6.07) is 4.59. The van der Waals surface area contributed by atoms with E-state index >= 15 is 0 Å². The molecule has 6 nitrogen and oxygen atoms in total. The molecule has 0 heterocycles. The predicted molar refractivity (Wildman–Crippen MR) is 63.8 cm³/mol. The summed E-state index contributed by atoms with van der Waals surface area (Å²) in [5, 5.41) is 4.63. The van der Waals surface area contributed by atoms with Gasteiger partial charge in [-0.15, -0.1) is 13.2 Å². The van der Waals surface area contributed by atoms with Crippen molar-refractivity contribution in [3.63, 3.8) is 0 Å². The first kappa shape index (κ1) is 15.8. The van der Waals surface area contributed by atoms with Crippen molar-refractivity contribution in [1.82, 2.24) is 5.32 Å². The van der Waals surface area contributed by atoms with Crippen LogP contribution in [0.4, 0.5) is 18.9 Å². The minimum absolute atomic E-state index is 0.239. The number of benzene rings is 1. The molecule has 1 aromatic carbocycles. The van der Waals surface area contributed by atoms with Crippen LogP contribution in [0.15, 0.2) is 24.3 Å². The zero-order chi connectivity index (χ0) is 15.2. The number of anilines is 1. The molecule has 0 aliphatic heterocycles. The second-order valence-electron chi connectivity index (χ2n) is 3.60. The van der Waals surface area contributed by atoms with Gasteiger partial charge in [0.25, 0.3) is 0 Å². The molecule has 0 aromatic heterocycles. The molecule has 0 radical (unpaired) electrons. The Morgan fingerprint density at radius 3 is 2.25 bits per heavy atom. The molecule has 20 heavy (non-hydrogen) atoms. The number of nitrogens with one attached hydrogen (secondary N) is 2. The molecule has 0 atom stereocenters. The molecular formula is C11H12F3N3O3. The number of carbonyl (C=O) groups is 2. The number of hydrogen-bond acceptors (Lipinski definition) is 4. The van der Waals surface area contributed by atoms with Gasteiger partial charge >= 0.3 is 6.36 Å². The first-order valence-corrected chi connectivity index (χ1v) is 5.42. The summed E-state index contributed by atoms with van der Waals surface area (Å²) in [6.07, 6.45) is -4.77. The molecule has 0 saturated carbocycles. The largest absolute Gasteiger partial charge is 0.573 e. The molecule has 110 valence electrons. The topological polar surface area (TPSA) is 93.5 Å².